The van der Waals surface area contributed by atoms with Crippen molar-refractivity contribution in [3.63, 3.8) is 0 Å². The molecule has 0 aliphatic rings. The van der Waals surface area contributed by atoms with Crippen LogP contribution in [0.25, 0.3) is 55.6 Å². The van der Waals surface area contributed by atoms with Gasteiger partial charge in [0.1, 0.15) is 11.5 Å². The van der Waals surface area contributed by atoms with Gasteiger partial charge in [0, 0.05) is 46.8 Å². The number of aromatic amines is 2. The first-order chi connectivity index (χ1) is 18.0. The Kier molecular flexibility index (Phi) is 5.90. The molecule has 6 nitrogen and oxygen atoms in total. The van der Waals surface area contributed by atoms with Crippen molar-refractivity contribution in [3.05, 3.63) is 90.9 Å². The Hall–Kier alpha value is -4.49. The van der Waals surface area contributed by atoms with Gasteiger partial charge in [0.25, 0.3) is 0 Å². The molecule has 37 heavy (non-hydrogen) atoms. The molecule has 0 unspecified atom stereocenters. The fourth-order valence-corrected chi connectivity index (χ4v) is 4.69. The summed E-state index contributed by atoms with van der Waals surface area (Å²) in [5, 5.41) is 13.0. The highest BCUT2D eigenvalue weighted by Gasteiger charge is 2.16. The molecule has 3 heterocycles. The van der Waals surface area contributed by atoms with Crippen LogP contribution in [0.2, 0.25) is 0 Å². The number of hydrogen-bond donors (Lipinski definition) is 3. The van der Waals surface area contributed by atoms with Crippen LogP contribution in [-0.4, -0.2) is 52.3 Å². The van der Waals surface area contributed by atoms with Crippen molar-refractivity contribution in [2.45, 2.75) is 0 Å². The quantitative estimate of drug-likeness (QED) is 0.237. The zero-order valence-corrected chi connectivity index (χ0v) is 20.7. The lowest BCUT2D eigenvalue weighted by molar-refractivity contribution is 0.425. The highest BCUT2D eigenvalue weighted by atomic mass is 19.1. The van der Waals surface area contributed by atoms with E-state index in [9.17, 15) is 4.39 Å². The van der Waals surface area contributed by atoms with Crippen LogP contribution in [0.15, 0.2) is 85.1 Å². The Morgan fingerprint density at radius 2 is 1.65 bits per heavy atom. The Morgan fingerprint density at radius 1 is 0.811 bits per heavy atom. The van der Waals surface area contributed by atoms with E-state index in [1.807, 2.05) is 50.5 Å². The summed E-state index contributed by atoms with van der Waals surface area (Å²) in [5.74, 6) is -0.300. The van der Waals surface area contributed by atoms with Crippen LogP contribution >= 0.6 is 0 Å². The van der Waals surface area contributed by atoms with E-state index < -0.39 is 0 Å². The summed E-state index contributed by atoms with van der Waals surface area (Å²) in [6.45, 7) is 1.57. The van der Waals surface area contributed by atoms with Crippen LogP contribution in [-0.2, 0) is 0 Å². The Balaban J connectivity index is 1.41. The van der Waals surface area contributed by atoms with E-state index in [1.54, 1.807) is 6.20 Å². The van der Waals surface area contributed by atoms with Crippen molar-refractivity contribution < 1.29 is 4.39 Å². The maximum atomic E-state index is 14.6. The SMILES string of the molecule is CN(C)CCNc1cc(F)cc(-c2nccc3[nH]c(-c4n[nH]c5ccc(-c6ccccc6)cc45)cc23)c1. The van der Waals surface area contributed by atoms with Crippen LogP contribution in [0, 0.1) is 5.82 Å². The molecule has 6 aromatic rings. The second-order valence-corrected chi connectivity index (χ2v) is 9.46. The lowest BCUT2D eigenvalue weighted by Gasteiger charge is -2.12. The second kappa shape index (κ2) is 9.52. The van der Waals surface area contributed by atoms with Crippen LogP contribution in [0.4, 0.5) is 10.1 Å². The molecule has 3 N–H and O–H groups in total. The third kappa shape index (κ3) is 4.57. The molecular weight excluding hydrogens is 463 g/mol. The molecule has 6 rings (SSSR count). The van der Waals surface area contributed by atoms with Crippen LogP contribution in [0.3, 0.4) is 0 Å². The van der Waals surface area contributed by atoms with Crippen molar-refractivity contribution in [1.82, 2.24) is 25.1 Å². The normalized spacial score (nSPS) is 11.6. The molecule has 3 aromatic carbocycles. The average molecular weight is 491 g/mol. The van der Waals surface area contributed by atoms with E-state index in [1.165, 1.54) is 12.1 Å². The summed E-state index contributed by atoms with van der Waals surface area (Å²) < 4.78 is 14.6. The molecule has 0 spiro atoms. The molecular formula is C30H27FN6. The topological polar surface area (TPSA) is 72.6 Å². The van der Waals surface area contributed by atoms with Crippen molar-refractivity contribution in [2.75, 3.05) is 32.5 Å². The van der Waals surface area contributed by atoms with Crippen LogP contribution in [0.1, 0.15) is 0 Å². The van der Waals surface area contributed by atoms with E-state index in [2.05, 4.69) is 60.7 Å². The number of benzene rings is 3. The zero-order valence-electron chi connectivity index (χ0n) is 20.7. The molecule has 0 amide bonds. The van der Waals surface area contributed by atoms with Crippen molar-refractivity contribution in [1.29, 1.82) is 0 Å². The number of halogens is 1. The number of anilines is 1. The number of fused-ring (bicyclic) bond motifs is 2. The van der Waals surface area contributed by atoms with Gasteiger partial charge < -0.3 is 15.2 Å². The third-order valence-electron chi connectivity index (χ3n) is 6.53. The fourth-order valence-electron chi connectivity index (χ4n) is 4.69. The minimum absolute atomic E-state index is 0.300. The number of nitrogens with zero attached hydrogens (tertiary/aromatic N) is 3. The molecule has 184 valence electrons. The molecule has 0 saturated heterocycles. The number of nitrogens with one attached hydrogen (secondary N) is 3. The zero-order chi connectivity index (χ0) is 25.4. The molecule has 7 heteroatoms. The first kappa shape index (κ1) is 22.9. The number of aromatic nitrogens is 4. The number of H-pyrrole nitrogens is 2. The Morgan fingerprint density at radius 3 is 2.49 bits per heavy atom. The van der Waals surface area contributed by atoms with Gasteiger partial charge in [-0.15, -0.1) is 0 Å². The van der Waals surface area contributed by atoms with Gasteiger partial charge in [0.15, 0.2) is 0 Å². The monoisotopic (exact) mass is 490 g/mol. The summed E-state index contributed by atoms with van der Waals surface area (Å²) >= 11 is 0. The van der Waals surface area contributed by atoms with Gasteiger partial charge in [-0.3, -0.25) is 10.1 Å². The Bertz CT molecular complexity index is 1700. The van der Waals surface area contributed by atoms with Gasteiger partial charge in [0.05, 0.1) is 16.9 Å². The predicted octanol–water partition coefficient (Wildman–Crippen LogP) is 6.55. The number of pyridine rings is 1. The number of rotatable bonds is 7. The first-order valence-electron chi connectivity index (χ1n) is 12.3. The van der Waals surface area contributed by atoms with Gasteiger partial charge in [-0.05, 0) is 67.7 Å². The van der Waals surface area contributed by atoms with Crippen molar-refractivity contribution >= 4 is 27.5 Å². The Labute approximate surface area is 214 Å². The van der Waals surface area contributed by atoms with E-state index >= 15 is 0 Å². The summed E-state index contributed by atoms with van der Waals surface area (Å²) in [6, 6.07) is 25.6. The van der Waals surface area contributed by atoms with Gasteiger partial charge in [-0.25, -0.2) is 4.39 Å². The largest absolute Gasteiger partial charge is 0.384 e. The maximum Gasteiger partial charge on any atom is 0.125 e. The molecule has 0 saturated carbocycles. The molecule has 3 aromatic heterocycles. The van der Waals surface area contributed by atoms with Crippen molar-refractivity contribution in [2.24, 2.45) is 0 Å². The predicted molar refractivity (Wildman–Crippen MR) is 149 cm³/mol. The van der Waals surface area contributed by atoms with Crippen molar-refractivity contribution in [3.8, 4) is 33.8 Å². The maximum absolute atomic E-state index is 14.6. The first-order valence-corrected chi connectivity index (χ1v) is 12.3. The smallest absolute Gasteiger partial charge is 0.125 e. The van der Waals surface area contributed by atoms with E-state index in [4.69, 9.17) is 0 Å². The highest BCUT2D eigenvalue weighted by molar-refractivity contribution is 6.01. The van der Waals surface area contributed by atoms with Gasteiger partial charge in [0.2, 0.25) is 0 Å². The van der Waals surface area contributed by atoms with Gasteiger partial charge in [-0.1, -0.05) is 36.4 Å². The lowest BCUT2D eigenvalue weighted by Crippen LogP contribution is -2.20. The summed E-state index contributed by atoms with van der Waals surface area (Å²) in [6.07, 6.45) is 1.75. The molecule has 0 fully saturated rings. The average Bonchev–Trinajstić information content (AvgIpc) is 3.52. The molecule has 0 aliphatic carbocycles. The minimum Gasteiger partial charge on any atom is -0.384 e. The van der Waals surface area contributed by atoms with Crippen LogP contribution < -0.4 is 5.32 Å². The summed E-state index contributed by atoms with van der Waals surface area (Å²) in [4.78, 5) is 10.2. The summed E-state index contributed by atoms with van der Waals surface area (Å²) in [7, 11) is 4.02. The number of likely N-dealkylation sites (N-methyl/N-ethyl adjacent to an activating group) is 1. The summed E-state index contributed by atoms with van der Waals surface area (Å²) in [5.41, 5.74) is 8.05. The lowest BCUT2D eigenvalue weighted by atomic mass is 10.0. The molecule has 0 bridgehead atoms. The highest BCUT2D eigenvalue weighted by Crippen LogP contribution is 2.35. The third-order valence-corrected chi connectivity index (χ3v) is 6.53. The van der Waals surface area contributed by atoms with Gasteiger partial charge in [-0.2, -0.15) is 5.10 Å². The molecule has 0 atom stereocenters. The molecule has 0 radical (unpaired) electrons. The standard InChI is InChI=1S/C30H27FN6/c1-37(2)13-12-32-23-15-21(14-22(31)17-23)29-25-18-28(34-26(25)10-11-33-29)30-24-16-20(8-9-27(24)35-36-30)19-6-4-3-5-7-19/h3-11,14-18,32,34H,12-13H2,1-2H3,(H,35,36). The minimum atomic E-state index is -0.300. The van der Waals surface area contributed by atoms with E-state index in [0.717, 1.165) is 74.4 Å². The van der Waals surface area contributed by atoms with E-state index in [-0.39, 0.29) is 5.82 Å². The second-order valence-electron chi connectivity index (χ2n) is 9.46. The number of hydrogen-bond acceptors (Lipinski definition) is 4. The van der Waals surface area contributed by atoms with E-state index in [0.29, 0.717) is 0 Å². The van der Waals surface area contributed by atoms with Crippen LogP contribution in [0.5, 0.6) is 0 Å². The van der Waals surface area contributed by atoms with Gasteiger partial charge >= 0.3 is 0 Å². The fraction of sp³-hybridized carbons (Fsp3) is 0.133. The molecule has 0 aliphatic heterocycles.